The molecule has 0 aliphatic carbocycles. The second-order valence-corrected chi connectivity index (χ2v) is 3.92. The highest BCUT2D eigenvalue weighted by molar-refractivity contribution is 5.65. The first kappa shape index (κ1) is 10.5. The van der Waals surface area contributed by atoms with Gasteiger partial charge in [0.1, 0.15) is 5.70 Å². The minimum atomic E-state index is 0.762. The molecule has 0 unspecified atom stereocenters. The van der Waals surface area contributed by atoms with Crippen molar-refractivity contribution in [2.45, 2.75) is 0 Å². The van der Waals surface area contributed by atoms with E-state index in [9.17, 15) is 0 Å². The summed E-state index contributed by atoms with van der Waals surface area (Å²) in [6, 6.07) is 17.7. The highest BCUT2D eigenvalue weighted by atomic mass is 16.6. The highest BCUT2D eigenvalue weighted by Gasteiger charge is 2.07. The Morgan fingerprint density at radius 1 is 0.833 bits per heavy atom. The lowest BCUT2D eigenvalue weighted by Crippen LogP contribution is -2.20. The summed E-state index contributed by atoms with van der Waals surface area (Å²) >= 11 is 0. The summed E-state index contributed by atoms with van der Waals surface area (Å²) in [5, 5.41) is 0. The number of rotatable bonds is 0. The van der Waals surface area contributed by atoms with Crippen LogP contribution in [-0.2, 0) is 0 Å². The van der Waals surface area contributed by atoms with E-state index in [1.165, 1.54) is 0 Å². The van der Waals surface area contributed by atoms with Gasteiger partial charge in [-0.05, 0) is 30.2 Å². The minimum absolute atomic E-state index is 0.762. The Morgan fingerprint density at radius 3 is 2.50 bits per heavy atom. The monoisotopic (exact) mass is 233 g/mol. The normalized spacial score (nSPS) is 12.1. The molecule has 0 saturated heterocycles. The van der Waals surface area contributed by atoms with Crippen molar-refractivity contribution in [2.24, 2.45) is 0 Å². The lowest BCUT2D eigenvalue weighted by molar-refractivity contribution is 0.231. The van der Waals surface area contributed by atoms with Crippen LogP contribution in [0.15, 0.2) is 60.3 Å². The lowest BCUT2D eigenvalue weighted by atomic mass is 10.1. The van der Waals surface area contributed by atoms with E-state index in [1.54, 1.807) is 0 Å². The Bertz CT molecular complexity index is 648. The lowest BCUT2D eigenvalue weighted by Gasteiger charge is -2.15. The fourth-order valence-corrected chi connectivity index (χ4v) is 1.71. The molecule has 86 valence electrons. The van der Waals surface area contributed by atoms with Crippen LogP contribution in [0.25, 0.3) is 6.08 Å². The third-order valence-electron chi connectivity index (χ3n) is 2.61. The van der Waals surface area contributed by atoms with Gasteiger partial charge in [0.15, 0.2) is 5.75 Å². The van der Waals surface area contributed by atoms with Crippen molar-refractivity contribution >= 4 is 6.08 Å². The van der Waals surface area contributed by atoms with Gasteiger partial charge in [0, 0.05) is 11.1 Å². The summed E-state index contributed by atoms with van der Waals surface area (Å²) in [6.07, 6.45) is 1.98. The van der Waals surface area contributed by atoms with E-state index >= 15 is 0 Å². The number of para-hydroxylation sites is 1. The zero-order valence-electron chi connectivity index (χ0n) is 9.68. The van der Waals surface area contributed by atoms with Gasteiger partial charge in [0.2, 0.25) is 0 Å². The molecule has 0 amide bonds. The van der Waals surface area contributed by atoms with Crippen LogP contribution in [0.4, 0.5) is 0 Å². The second kappa shape index (κ2) is 4.68. The summed E-state index contributed by atoms with van der Waals surface area (Å²) in [7, 11) is 0. The maximum atomic E-state index is 5.40. The fraction of sp³-hybridized carbons (Fsp3) is 0. The predicted molar refractivity (Wildman–Crippen MR) is 71.5 cm³/mol. The number of benzene rings is 2. The van der Waals surface area contributed by atoms with E-state index in [4.69, 9.17) is 4.84 Å². The van der Waals surface area contributed by atoms with Crippen molar-refractivity contribution in [3.05, 3.63) is 71.4 Å². The molecule has 0 fully saturated rings. The van der Waals surface area contributed by atoms with Crippen LogP contribution < -0.4 is 10.3 Å². The van der Waals surface area contributed by atoms with Gasteiger partial charge in [-0.2, -0.15) is 0 Å². The summed E-state index contributed by atoms with van der Waals surface area (Å²) < 4.78 is 0. The van der Waals surface area contributed by atoms with Crippen molar-refractivity contribution in [3.8, 4) is 17.6 Å². The average Bonchev–Trinajstić information content (AvgIpc) is 2.46. The van der Waals surface area contributed by atoms with Gasteiger partial charge in [-0.1, -0.05) is 42.3 Å². The minimum Gasteiger partial charge on any atom is -0.381 e. The Kier molecular flexibility index (Phi) is 2.73. The number of hydroxylamine groups is 1. The van der Waals surface area contributed by atoms with Crippen LogP contribution in [0.1, 0.15) is 11.1 Å². The van der Waals surface area contributed by atoms with E-state index in [-0.39, 0.29) is 0 Å². The number of hydrogen-bond acceptors (Lipinski definition) is 2. The molecule has 0 spiro atoms. The van der Waals surface area contributed by atoms with Crippen LogP contribution in [0, 0.1) is 11.8 Å². The molecule has 1 aliphatic heterocycles. The van der Waals surface area contributed by atoms with Crippen molar-refractivity contribution in [3.63, 3.8) is 0 Å². The molecule has 3 rings (SSSR count). The zero-order chi connectivity index (χ0) is 12.2. The molecular formula is C16H11NO. The fourth-order valence-electron chi connectivity index (χ4n) is 1.71. The van der Waals surface area contributed by atoms with Gasteiger partial charge in [-0.3, -0.25) is 0 Å². The van der Waals surface area contributed by atoms with Gasteiger partial charge >= 0.3 is 0 Å². The quantitative estimate of drug-likeness (QED) is 0.706. The maximum absolute atomic E-state index is 5.40. The number of allylic oxidation sites excluding steroid dienone is 1. The topological polar surface area (TPSA) is 21.3 Å². The summed E-state index contributed by atoms with van der Waals surface area (Å²) in [5.74, 6) is 6.96. The number of hydrogen-bond donors (Lipinski definition) is 1. The molecule has 1 N–H and O–H groups in total. The molecular weight excluding hydrogens is 222 g/mol. The van der Waals surface area contributed by atoms with Crippen LogP contribution in [0.5, 0.6) is 5.75 Å². The van der Waals surface area contributed by atoms with Crippen molar-refractivity contribution < 1.29 is 4.84 Å². The Morgan fingerprint density at radius 2 is 1.61 bits per heavy atom. The van der Waals surface area contributed by atoms with Crippen LogP contribution in [-0.4, -0.2) is 0 Å². The van der Waals surface area contributed by atoms with Crippen LogP contribution in [0.2, 0.25) is 0 Å². The van der Waals surface area contributed by atoms with Crippen LogP contribution >= 0.6 is 0 Å². The molecule has 0 radical (unpaired) electrons. The molecule has 0 atom stereocenters. The SMILES string of the molecule is C(#Cc1ccccc1)C1=Cc2ccccc2ON1. The van der Waals surface area contributed by atoms with Gasteiger partial charge < -0.3 is 4.84 Å². The molecule has 2 nitrogen and oxygen atoms in total. The second-order valence-electron chi connectivity index (χ2n) is 3.92. The smallest absolute Gasteiger partial charge is 0.162 e. The number of nitrogens with one attached hydrogen (secondary N) is 1. The zero-order valence-corrected chi connectivity index (χ0v) is 9.68. The average molecular weight is 233 g/mol. The van der Waals surface area contributed by atoms with Gasteiger partial charge in [-0.25, -0.2) is 5.48 Å². The van der Waals surface area contributed by atoms with E-state index < -0.39 is 0 Å². The third kappa shape index (κ3) is 2.21. The van der Waals surface area contributed by atoms with Crippen molar-refractivity contribution in [1.29, 1.82) is 0 Å². The summed E-state index contributed by atoms with van der Waals surface area (Å²) in [6.45, 7) is 0. The predicted octanol–water partition coefficient (Wildman–Crippen LogP) is 2.98. The molecule has 1 heterocycles. The summed E-state index contributed by atoms with van der Waals surface area (Å²) in [4.78, 5) is 5.40. The van der Waals surface area contributed by atoms with E-state index in [0.717, 1.165) is 22.6 Å². The third-order valence-corrected chi connectivity index (χ3v) is 2.61. The van der Waals surface area contributed by atoms with E-state index in [2.05, 4.69) is 17.3 Å². The van der Waals surface area contributed by atoms with Gasteiger partial charge in [-0.15, -0.1) is 0 Å². The molecule has 0 bridgehead atoms. The van der Waals surface area contributed by atoms with E-state index in [0.29, 0.717) is 0 Å². The maximum Gasteiger partial charge on any atom is 0.162 e. The molecule has 18 heavy (non-hydrogen) atoms. The summed E-state index contributed by atoms with van der Waals surface area (Å²) in [5.41, 5.74) is 5.62. The standard InChI is InChI=1S/C16H11NO/c1-2-6-13(7-3-1)10-11-15-12-14-8-4-5-9-16(14)18-17-15/h1-9,12,17H. The Hall–Kier alpha value is -2.66. The van der Waals surface area contributed by atoms with Crippen LogP contribution in [0.3, 0.4) is 0 Å². The molecule has 2 heteroatoms. The first-order valence-corrected chi connectivity index (χ1v) is 5.72. The molecule has 0 aromatic heterocycles. The number of fused-ring (bicyclic) bond motifs is 1. The first-order chi connectivity index (χ1) is 8.92. The van der Waals surface area contributed by atoms with Gasteiger partial charge in [0.25, 0.3) is 0 Å². The largest absolute Gasteiger partial charge is 0.381 e. The molecule has 0 saturated carbocycles. The Labute approximate surface area is 106 Å². The molecule has 1 aliphatic rings. The molecule has 2 aromatic carbocycles. The van der Waals surface area contributed by atoms with Crippen molar-refractivity contribution in [2.75, 3.05) is 0 Å². The van der Waals surface area contributed by atoms with Crippen molar-refractivity contribution in [1.82, 2.24) is 5.48 Å². The van der Waals surface area contributed by atoms with E-state index in [1.807, 2.05) is 60.7 Å². The first-order valence-electron chi connectivity index (χ1n) is 5.72. The van der Waals surface area contributed by atoms with Gasteiger partial charge in [0.05, 0.1) is 0 Å². The Balaban J connectivity index is 1.88. The highest BCUT2D eigenvalue weighted by Crippen LogP contribution is 2.22. The molecule has 2 aromatic rings.